The van der Waals surface area contributed by atoms with Crippen LogP contribution in [0.1, 0.15) is 56.8 Å². The summed E-state index contributed by atoms with van der Waals surface area (Å²) < 4.78 is 5.56. The molecule has 1 fully saturated rings. The van der Waals surface area contributed by atoms with Crippen LogP contribution in [0.2, 0.25) is 0 Å². The zero-order valence-corrected chi connectivity index (χ0v) is 23.6. The van der Waals surface area contributed by atoms with Crippen LogP contribution in [0.15, 0.2) is 42.5 Å². The van der Waals surface area contributed by atoms with Crippen molar-refractivity contribution in [1.29, 1.82) is 0 Å². The summed E-state index contributed by atoms with van der Waals surface area (Å²) >= 11 is 0. The molecule has 1 aliphatic rings. The Balaban J connectivity index is 1.74. The summed E-state index contributed by atoms with van der Waals surface area (Å²) in [6.45, 7) is 12.9. The number of anilines is 3. The van der Waals surface area contributed by atoms with E-state index in [9.17, 15) is 9.59 Å². The van der Waals surface area contributed by atoms with Crippen LogP contribution in [0.4, 0.5) is 17.1 Å². The highest BCUT2D eigenvalue weighted by Crippen LogP contribution is 2.31. The van der Waals surface area contributed by atoms with Crippen molar-refractivity contribution >= 4 is 28.9 Å². The predicted molar refractivity (Wildman–Crippen MR) is 157 cm³/mol. The number of nitrogens with zero attached hydrogens (tertiary/aromatic N) is 3. The molecule has 2 N–H and O–H groups in total. The highest BCUT2D eigenvalue weighted by Gasteiger charge is 2.24. The van der Waals surface area contributed by atoms with Crippen molar-refractivity contribution in [2.75, 3.05) is 74.6 Å². The molecule has 208 valence electrons. The highest BCUT2D eigenvalue weighted by atomic mass is 16.5. The Morgan fingerprint density at radius 2 is 1.61 bits per heavy atom. The van der Waals surface area contributed by atoms with Gasteiger partial charge in [-0.3, -0.25) is 9.59 Å². The molecule has 38 heavy (non-hydrogen) atoms. The Hall–Kier alpha value is -3.26. The standard InChI is InChI=1S/C30H45N5O3/c1-5-8-9-14-29(36)32-24-15-16-26(25(23-24)30(37)31-17-18-33(6-2)7-3)34-19-21-35(22-20-34)27-12-10-11-13-28(27)38-4/h10-13,15-16,23H,5-9,14,17-22H2,1-4H3,(H,31,37)(H,32,36). The molecule has 8 heteroatoms. The number of unbranched alkanes of at least 4 members (excludes halogenated alkanes) is 2. The number of carbonyl (C=O) groups excluding carboxylic acids is 2. The Morgan fingerprint density at radius 1 is 0.921 bits per heavy atom. The number of likely N-dealkylation sites (N-methyl/N-ethyl adjacent to an activating group) is 1. The van der Waals surface area contributed by atoms with E-state index in [0.717, 1.165) is 82.2 Å². The molecule has 3 rings (SSSR count). The molecule has 0 radical (unpaired) electrons. The molecule has 0 aromatic heterocycles. The third kappa shape index (κ3) is 8.12. The van der Waals surface area contributed by atoms with Crippen LogP contribution in [-0.2, 0) is 4.79 Å². The van der Waals surface area contributed by atoms with Gasteiger partial charge in [-0.15, -0.1) is 0 Å². The van der Waals surface area contributed by atoms with Gasteiger partial charge in [0.25, 0.3) is 5.91 Å². The number of hydrogen-bond acceptors (Lipinski definition) is 6. The Kier molecular flexibility index (Phi) is 11.7. The third-order valence-corrected chi connectivity index (χ3v) is 7.19. The van der Waals surface area contributed by atoms with E-state index in [-0.39, 0.29) is 11.8 Å². The summed E-state index contributed by atoms with van der Waals surface area (Å²) in [6.07, 6.45) is 3.47. The maximum absolute atomic E-state index is 13.4. The van der Waals surface area contributed by atoms with Gasteiger partial charge < -0.3 is 30.1 Å². The molecular weight excluding hydrogens is 478 g/mol. The van der Waals surface area contributed by atoms with E-state index >= 15 is 0 Å². The van der Waals surface area contributed by atoms with Gasteiger partial charge in [0, 0.05) is 57.1 Å². The topological polar surface area (TPSA) is 77.1 Å². The Labute approximate surface area is 228 Å². The van der Waals surface area contributed by atoms with Gasteiger partial charge in [-0.25, -0.2) is 0 Å². The first-order valence-electron chi connectivity index (χ1n) is 14.1. The van der Waals surface area contributed by atoms with Gasteiger partial charge in [-0.05, 0) is 49.8 Å². The number of benzene rings is 2. The number of nitrogens with one attached hydrogen (secondary N) is 2. The normalized spacial score (nSPS) is 13.5. The molecule has 0 bridgehead atoms. The minimum atomic E-state index is -0.110. The van der Waals surface area contributed by atoms with Crippen LogP contribution in [0, 0.1) is 0 Å². The van der Waals surface area contributed by atoms with Gasteiger partial charge in [0.2, 0.25) is 5.91 Å². The number of methoxy groups -OCH3 is 1. The third-order valence-electron chi connectivity index (χ3n) is 7.19. The van der Waals surface area contributed by atoms with Crippen LogP contribution >= 0.6 is 0 Å². The molecule has 2 aromatic rings. The lowest BCUT2D eigenvalue weighted by Gasteiger charge is -2.38. The largest absolute Gasteiger partial charge is 0.495 e. The van der Waals surface area contributed by atoms with Crippen molar-refractivity contribution in [1.82, 2.24) is 10.2 Å². The minimum absolute atomic E-state index is 0.00971. The lowest BCUT2D eigenvalue weighted by Crippen LogP contribution is -2.47. The molecule has 0 spiro atoms. The van der Waals surface area contributed by atoms with Crippen LogP contribution in [-0.4, -0.2) is 76.2 Å². The van der Waals surface area contributed by atoms with Gasteiger partial charge >= 0.3 is 0 Å². The number of piperazine rings is 1. The van der Waals surface area contributed by atoms with Gasteiger partial charge in [0.05, 0.1) is 18.4 Å². The maximum atomic E-state index is 13.4. The first-order chi connectivity index (χ1) is 18.5. The van der Waals surface area contributed by atoms with E-state index in [0.29, 0.717) is 24.2 Å². The van der Waals surface area contributed by atoms with Crippen LogP contribution in [0.3, 0.4) is 0 Å². The molecule has 1 heterocycles. The fourth-order valence-electron chi connectivity index (χ4n) is 4.87. The molecule has 8 nitrogen and oxygen atoms in total. The van der Waals surface area contributed by atoms with Crippen LogP contribution in [0.5, 0.6) is 5.75 Å². The molecule has 0 atom stereocenters. The summed E-state index contributed by atoms with van der Waals surface area (Å²) in [6, 6.07) is 13.8. The lowest BCUT2D eigenvalue weighted by atomic mass is 10.1. The van der Waals surface area contributed by atoms with Crippen molar-refractivity contribution in [3.8, 4) is 5.75 Å². The van der Waals surface area contributed by atoms with Gasteiger partial charge in [-0.2, -0.15) is 0 Å². The lowest BCUT2D eigenvalue weighted by molar-refractivity contribution is -0.116. The monoisotopic (exact) mass is 523 g/mol. The van der Waals surface area contributed by atoms with Crippen molar-refractivity contribution in [2.24, 2.45) is 0 Å². The van der Waals surface area contributed by atoms with Gasteiger partial charge in [0.15, 0.2) is 0 Å². The molecular formula is C30H45N5O3. The zero-order valence-electron chi connectivity index (χ0n) is 23.6. The van der Waals surface area contributed by atoms with E-state index in [2.05, 4.69) is 52.2 Å². The van der Waals surface area contributed by atoms with Crippen LogP contribution < -0.4 is 25.2 Å². The summed E-state index contributed by atoms with van der Waals surface area (Å²) in [5.74, 6) is 0.749. The summed E-state index contributed by atoms with van der Waals surface area (Å²) in [4.78, 5) is 32.7. The van der Waals surface area contributed by atoms with Gasteiger partial charge in [0.1, 0.15) is 5.75 Å². The van der Waals surface area contributed by atoms with E-state index < -0.39 is 0 Å². The first-order valence-corrected chi connectivity index (χ1v) is 14.1. The second-order valence-electron chi connectivity index (χ2n) is 9.67. The second-order valence-corrected chi connectivity index (χ2v) is 9.67. The van der Waals surface area contributed by atoms with Crippen molar-refractivity contribution in [2.45, 2.75) is 46.5 Å². The summed E-state index contributed by atoms with van der Waals surface area (Å²) in [5, 5.41) is 6.10. The fraction of sp³-hybridized carbons (Fsp3) is 0.533. The van der Waals surface area contributed by atoms with Crippen LogP contribution in [0.25, 0.3) is 0 Å². The zero-order chi connectivity index (χ0) is 27.3. The number of ether oxygens (including phenoxy) is 1. The fourth-order valence-corrected chi connectivity index (χ4v) is 4.87. The average molecular weight is 524 g/mol. The van der Waals surface area contributed by atoms with E-state index in [1.165, 1.54) is 0 Å². The Morgan fingerprint density at radius 3 is 2.26 bits per heavy atom. The highest BCUT2D eigenvalue weighted by molar-refractivity contribution is 6.02. The van der Waals surface area contributed by atoms with Crippen molar-refractivity contribution < 1.29 is 14.3 Å². The molecule has 0 aliphatic carbocycles. The molecule has 2 amide bonds. The van der Waals surface area contributed by atoms with E-state index in [1.54, 1.807) is 7.11 Å². The van der Waals surface area contributed by atoms with E-state index in [4.69, 9.17) is 4.74 Å². The first kappa shape index (κ1) is 29.3. The number of para-hydroxylation sites is 2. The summed E-state index contributed by atoms with van der Waals surface area (Å²) in [7, 11) is 1.70. The molecule has 0 saturated carbocycles. The number of amides is 2. The smallest absolute Gasteiger partial charge is 0.253 e. The molecule has 1 saturated heterocycles. The molecule has 1 aliphatic heterocycles. The van der Waals surface area contributed by atoms with E-state index in [1.807, 2.05) is 36.4 Å². The maximum Gasteiger partial charge on any atom is 0.253 e. The second kappa shape index (κ2) is 15.2. The number of carbonyl (C=O) groups is 2. The van der Waals surface area contributed by atoms with Crippen molar-refractivity contribution in [3.05, 3.63) is 48.0 Å². The van der Waals surface area contributed by atoms with Crippen molar-refractivity contribution in [3.63, 3.8) is 0 Å². The predicted octanol–water partition coefficient (Wildman–Crippen LogP) is 4.61. The summed E-state index contributed by atoms with van der Waals surface area (Å²) in [5.41, 5.74) is 3.25. The molecule has 0 unspecified atom stereocenters. The molecule has 2 aromatic carbocycles. The van der Waals surface area contributed by atoms with Gasteiger partial charge in [-0.1, -0.05) is 45.7 Å². The average Bonchev–Trinajstić information content (AvgIpc) is 2.95. The minimum Gasteiger partial charge on any atom is -0.495 e. The quantitative estimate of drug-likeness (QED) is 0.352. The number of rotatable bonds is 14. The SMILES string of the molecule is CCCCCC(=O)Nc1ccc(N2CCN(c3ccccc3OC)CC2)c(C(=O)NCCN(CC)CC)c1. The number of hydrogen-bond donors (Lipinski definition) is 2. The Bertz CT molecular complexity index is 1030.